The molecule has 0 bridgehead atoms. The predicted molar refractivity (Wildman–Crippen MR) is 132 cm³/mol. The molecule has 0 unspecified atom stereocenters. The molecule has 0 radical (unpaired) electrons. The molecule has 3 amide bonds. The zero-order valence-corrected chi connectivity index (χ0v) is 19.7. The van der Waals surface area contributed by atoms with Gasteiger partial charge in [0.1, 0.15) is 12.4 Å². The van der Waals surface area contributed by atoms with Gasteiger partial charge in [-0.05, 0) is 66.2 Å². The first-order valence-electron chi connectivity index (χ1n) is 10.6. The van der Waals surface area contributed by atoms with E-state index >= 15 is 0 Å². The minimum atomic E-state index is -0.372. The van der Waals surface area contributed by atoms with Gasteiger partial charge in [-0.2, -0.15) is 0 Å². The monoisotopic (exact) mass is 465 g/mol. The molecule has 0 aliphatic carbocycles. The van der Waals surface area contributed by atoms with Crippen molar-refractivity contribution in [3.05, 3.63) is 100 Å². The second kappa shape index (κ2) is 11.4. The minimum absolute atomic E-state index is 0.102. The maximum atomic E-state index is 13.4. The SMILES string of the molecule is C=CCN(CC(=O)N(Cc1ccc(F)cc1)Cc1sccc1C)C(=O)Nc1cccc(C)c1. The summed E-state index contributed by atoms with van der Waals surface area (Å²) in [5.74, 6) is -0.524. The van der Waals surface area contributed by atoms with Gasteiger partial charge in [0.05, 0.1) is 6.54 Å². The van der Waals surface area contributed by atoms with Crippen LogP contribution < -0.4 is 5.32 Å². The standard InChI is InChI=1S/C26H28FN3O2S/c1-4-13-29(26(32)28-23-7-5-6-19(2)15-23)18-25(31)30(17-24-20(3)12-14-33-24)16-21-8-10-22(27)11-9-21/h4-12,14-15H,1,13,16-18H2,2-3H3,(H,28,32). The van der Waals surface area contributed by atoms with Crippen molar-refractivity contribution in [1.29, 1.82) is 0 Å². The molecule has 0 spiro atoms. The van der Waals surface area contributed by atoms with Crippen molar-refractivity contribution in [3.63, 3.8) is 0 Å². The molecule has 0 aliphatic heterocycles. The summed E-state index contributed by atoms with van der Waals surface area (Å²) in [6.45, 7) is 8.54. The van der Waals surface area contributed by atoms with Gasteiger partial charge < -0.3 is 15.1 Å². The van der Waals surface area contributed by atoms with Gasteiger partial charge in [-0.25, -0.2) is 9.18 Å². The Balaban J connectivity index is 1.76. The molecule has 3 aromatic rings. The Bertz CT molecular complexity index is 1110. The fraction of sp³-hybridized carbons (Fsp3) is 0.231. The maximum Gasteiger partial charge on any atom is 0.322 e. The van der Waals surface area contributed by atoms with Crippen molar-refractivity contribution in [2.75, 3.05) is 18.4 Å². The average molecular weight is 466 g/mol. The lowest BCUT2D eigenvalue weighted by molar-refractivity contribution is -0.132. The number of aryl methyl sites for hydroxylation is 2. The number of benzene rings is 2. The first-order chi connectivity index (χ1) is 15.9. The Hall–Kier alpha value is -3.45. The summed E-state index contributed by atoms with van der Waals surface area (Å²) in [7, 11) is 0. The van der Waals surface area contributed by atoms with E-state index in [4.69, 9.17) is 0 Å². The summed E-state index contributed by atoms with van der Waals surface area (Å²) >= 11 is 1.58. The Labute approximate surface area is 198 Å². The van der Waals surface area contributed by atoms with Crippen molar-refractivity contribution in [2.24, 2.45) is 0 Å². The van der Waals surface area contributed by atoms with Crippen LogP contribution >= 0.6 is 11.3 Å². The Kier molecular flexibility index (Phi) is 8.38. The number of anilines is 1. The highest BCUT2D eigenvalue weighted by Gasteiger charge is 2.22. The maximum absolute atomic E-state index is 13.4. The average Bonchev–Trinajstić information content (AvgIpc) is 3.18. The molecule has 172 valence electrons. The van der Waals surface area contributed by atoms with Gasteiger partial charge in [-0.15, -0.1) is 17.9 Å². The number of urea groups is 1. The number of hydrogen-bond donors (Lipinski definition) is 1. The van der Waals surface area contributed by atoms with E-state index in [2.05, 4.69) is 11.9 Å². The molecule has 0 atom stereocenters. The third-order valence-corrected chi connectivity index (χ3v) is 6.18. The molecular formula is C26H28FN3O2S. The lowest BCUT2D eigenvalue weighted by Gasteiger charge is -2.27. The summed E-state index contributed by atoms with van der Waals surface area (Å²) in [4.78, 5) is 30.4. The topological polar surface area (TPSA) is 52.7 Å². The molecule has 33 heavy (non-hydrogen) atoms. The number of carbonyl (C=O) groups is 2. The van der Waals surface area contributed by atoms with Crippen molar-refractivity contribution >= 4 is 29.0 Å². The zero-order valence-electron chi connectivity index (χ0n) is 18.9. The molecular weight excluding hydrogens is 437 g/mol. The van der Waals surface area contributed by atoms with Crippen LogP contribution in [0.5, 0.6) is 0 Å². The molecule has 0 saturated carbocycles. The van der Waals surface area contributed by atoms with Gasteiger partial charge in [-0.1, -0.05) is 30.3 Å². The highest BCUT2D eigenvalue weighted by Crippen LogP contribution is 2.20. The number of rotatable bonds is 9. The van der Waals surface area contributed by atoms with E-state index in [1.54, 1.807) is 40.5 Å². The van der Waals surface area contributed by atoms with Crippen molar-refractivity contribution in [3.8, 4) is 0 Å². The van der Waals surface area contributed by atoms with Crippen LogP contribution in [0.25, 0.3) is 0 Å². The quantitative estimate of drug-likeness (QED) is 0.409. The first-order valence-corrected chi connectivity index (χ1v) is 11.5. The molecule has 0 fully saturated rings. The Morgan fingerprint density at radius 1 is 1.06 bits per heavy atom. The molecule has 1 aromatic heterocycles. The van der Waals surface area contributed by atoms with E-state index in [1.807, 2.05) is 43.5 Å². The van der Waals surface area contributed by atoms with Crippen molar-refractivity contribution < 1.29 is 14.0 Å². The van der Waals surface area contributed by atoms with E-state index in [0.29, 0.717) is 18.8 Å². The normalized spacial score (nSPS) is 10.5. The molecule has 2 aromatic carbocycles. The number of halogens is 1. The number of amides is 3. The summed E-state index contributed by atoms with van der Waals surface area (Å²) < 4.78 is 13.4. The molecule has 1 heterocycles. The Morgan fingerprint density at radius 3 is 2.45 bits per heavy atom. The first kappa shape index (κ1) is 24.2. The molecule has 1 N–H and O–H groups in total. The summed E-state index contributed by atoms with van der Waals surface area (Å²) in [6, 6.07) is 15.2. The van der Waals surface area contributed by atoms with Crippen LogP contribution in [0.15, 0.2) is 72.6 Å². The van der Waals surface area contributed by atoms with Gasteiger partial charge in [0, 0.05) is 23.7 Å². The molecule has 3 rings (SSSR count). The lowest BCUT2D eigenvalue weighted by atomic mass is 10.2. The van der Waals surface area contributed by atoms with Gasteiger partial charge in [0.15, 0.2) is 0 Å². The molecule has 0 aliphatic rings. The van der Waals surface area contributed by atoms with Crippen LogP contribution in [-0.2, 0) is 17.9 Å². The highest BCUT2D eigenvalue weighted by molar-refractivity contribution is 7.10. The fourth-order valence-electron chi connectivity index (χ4n) is 3.35. The number of carbonyl (C=O) groups excluding carboxylic acids is 2. The molecule has 0 saturated heterocycles. The number of nitrogens with zero attached hydrogens (tertiary/aromatic N) is 2. The number of nitrogens with one attached hydrogen (secondary N) is 1. The highest BCUT2D eigenvalue weighted by atomic mass is 32.1. The number of hydrogen-bond acceptors (Lipinski definition) is 3. The van der Waals surface area contributed by atoms with Crippen LogP contribution in [0, 0.1) is 19.7 Å². The predicted octanol–water partition coefficient (Wildman–Crippen LogP) is 5.75. The summed E-state index contributed by atoms with van der Waals surface area (Å²) in [5, 5.41) is 4.84. The van der Waals surface area contributed by atoms with Crippen molar-refractivity contribution in [2.45, 2.75) is 26.9 Å². The second-order valence-electron chi connectivity index (χ2n) is 7.87. The zero-order chi connectivity index (χ0) is 23.8. The van der Waals surface area contributed by atoms with E-state index in [0.717, 1.165) is 21.6 Å². The van der Waals surface area contributed by atoms with E-state index < -0.39 is 0 Å². The third kappa shape index (κ3) is 7.02. The van der Waals surface area contributed by atoms with E-state index in [1.165, 1.54) is 17.0 Å². The van der Waals surface area contributed by atoms with Crippen LogP contribution in [0.4, 0.5) is 14.9 Å². The molecule has 7 heteroatoms. The van der Waals surface area contributed by atoms with E-state index in [9.17, 15) is 14.0 Å². The van der Waals surface area contributed by atoms with Gasteiger partial charge in [0.25, 0.3) is 0 Å². The summed E-state index contributed by atoms with van der Waals surface area (Å²) in [6.07, 6.45) is 1.59. The van der Waals surface area contributed by atoms with Crippen LogP contribution in [-0.4, -0.2) is 34.8 Å². The van der Waals surface area contributed by atoms with Crippen LogP contribution in [0.1, 0.15) is 21.6 Å². The largest absolute Gasteiger partial charge is 0.332 e. The second-order valence-corrected chi connectivity index (χ2v) is 8.87. The van der Waals surface area contributed by atoms with Gasteiger partial charge >= 0.3 is 6.03 Å². The third-order valence-electron chi connectivity index (χ3n) is 5.17. The van der Waals surface area contributed by atoms with E-state index in [-0.39, 0.29) is 30.8 Å². The lowest BCUT2D eigenvalue weighted by Crippen LogP contribution is -2.44. The van der Waals surface area contributed by atoms with Crippen LogP contribution in [0.2, 0.25) is 0 Å². The summed E-state index contributed by atoms with van der Waals surface area (Å²) in [5.41, 5.74) is 3.62. The fourth-order valence-corrected chi connectivity index (χ4v) is 4.27. The number of thiophene rings is 1. The van der Waals surface area contributed by atoms with Gasteiger partial charge in [-0.3, -0.25) is 4.79 Å². The minimum Gasteiger partial charge on any atom is -0.332 e. The van der Waals surface area contributed by atoms with Gasteiger partial charge in [0.2, 0.25) is 5.91 Å². The smallest absolute Gasteiger partial charge is 0.322 e. The van der Waals surface area contributed by atoms with Crippen molar-refractivity contribution in [1.82, 2.24) is 9.80 Å². The Morgan fingerprint density at radius 2 is 1.82 bits per heavy atom. The van der Waals surface area contributed by atoms with Crippen LogP contribution in [0.3, 0.4) is 0 Å². The molecule has 5 nitrogen and oxygen atoms in total.